The van der Waals surface area contributed by atoms with Gasteiger partial charge >= 0.3 is 0 Å². The van der Waals surface area contributed by atoms with E-state index in [0.29, 0.717) is 40.9 Å². The van der Waals surface area contributed by atoms with Crippen LogP contribution in [-0.2, 0) is 21.1 Å². The van der Waals surface area contributed by atoms with E-state index in [4.69, 9.17) is 4.74 Å². The fourth-order valence-electron chi connectivity index (χ4n) is 6.57. The Bertz CT molecular complexity index is 1700. The van der Waals surface area contributed by atoms with Crippen molar-refractivity contribution >= 4 is 21.7 Å². The minimum absolute atomic E-state index is 0.0536. The number of H-pyrrole nitrogens is 1. The number of ether oxygens (including phenoxy) is 1. The van der Waals surface area contributed by atoms with E-state index in [9.17, 15) is 18.0 Å². The number of hydrogen-bond donors (Lipinski definition) is 2. The molecule has 1 aromatic carbocycles. The number of aromatic amines is 1. The van der Waals surface area contributed by atoms with E-state index in [1.54, 1.807) is 30.2 Å². The van der Waals surface area contributed by atoms with Crippen molar-refractivity contribution < 1.29 is 22.7 Å². The topological polar surface area (TPSA) is 134 Å². The van der Waals surface area contributed by atoms with Crippen LogP contribution in [0.15, 0.2) is 35.4 Å². The molecule has 2 amide bonds. The summed E-state index contributed by atoms with van der Waals surface area (Å²) in [6.07, 6.45) is 6.83. The molecule has 2 aliphatic carbocycles. The van der Waals surface area contributed by atoms with Gasteiger partial charge in [0.05, 0.1) is 29.4 Å². The van der Waals surface area contributed by atoms with Crippen LogP contribution in [0, 0.1) is 18.3 Å². The number of sulfone groups is 1. The molecule has 41 heavy (non-hydrogen) atoms. The molecule has 0 unspecified atom stereocenters. The van der Waals surface area contributed by atoms with Gasteiger partial charge in [-0.05, 0) is 86.4 Å². The molecule has 2 saturated carbocycles. The number of aryl methyl sites for hydroxylation is 1. The van der Waals surface area contributed by atoms with Crippen LogP contribution >= 0.6 is 0 Å². The number of pyridine rings is 1. The van der Waals surface area contributed by atoms with Crippen molar-refractivity contribution in [2.24, 2.45) is 11.3 Å². The number of carbonyl (C=O) groups excluding carboxylic acids is 2. The second kappa shape index (κ2) is 9.22. The third-order valence-corrected chi connectivity index (χ3v) is 10.3. The molecule has 7 rings (SSSR count). The van der Waals surface area contributed by atoms with Crippen molar-refractivity contribution in [3.8, 4) is 22.6 Å². The van der Waals surface area contributed by atoms with Gasteiger partial charge in [0.1, 0.15) is 11.4 Å². The molecule has 3 fully saturated rings. The standard InChI is InChI=1S/C30H33N5O5S/c1-16-26(28(36)33-22-11-30(12-22)14-40-15-30)34-27(32-16)23-9-19(6-7-31-23)20-8-21-13-35(17(2)18-4-5-18)29(37)25(21)24(10-20)41(3,38)39/h6-10,17-18,22H,4-5,11-15H2,1-3H3,(H,32,34)(H,33,36)/t17-/m0/s1. The van der Waals surface area contributed by atoms with E-state index in [1.807, 2.05) is 19.1 Å². The van der Waals surface area contributed by atoms with E-state index < -0.39 is 9.84 Å². The molecule has 1 saturated heterocycles. The normalized spacial score (nSPS) is 20.5. The van der Waals surface area contributed by atoms with Crippen LogP contribution in [0.4, 0.5) is 0 Å². The lowest BCUT2D eigenvalue weighted by molar-refractivity contribution is -0.165. The maximum Gasteiger partial charge on any atom is 0.269 e. The van der Waals surface area contributed by atoms with Crippen molar-refractivity contribution in [1.29, 1.82) is 0 Å². The van der Waals surface area contributed by atoms with Crippen molar-refractivity contribution in [1.82, 2.24) is 25.2 Å². The summed E-state index contributed by atoms with van der Waals surface area (Å²) >= 11 is 0. The Morgan fingerprint density at radius 1 is 1.20 bits per heavy atom. The predicted molar refractivity (Wildman–Crippen MR) is 151 cm³/mol. The Morgan fingerprint density at radius 2 is 1.95 bits per heavy atom. The number of fused-ring (bicyclic) bond motifs is 1. The summed E-state index contributed by atoms with van der Waals surface area (Å²) < 4.78 is 31.0. The Hall–Kier alpha value is -3.57. The molecule has 1 atom stereocenters. The molecule has 4 aliphatic rings. The average molecular weight is 576 g/mol. The van der Waals surface area contributed by atoms with Gasteiger partial charge in [-0.3, -0.25) is 14.6 Å². The summed E-state index contributed by atoms with van der Waals surface area (Å²) in [5.41, 5.74) is 4.19. The minimum Gasteiger partial charge on any atom is -0.380 e. The fraction of sp³-hybridized carbons (Fsp3) is 0.467. The van der Waals surface area contributed by atoms with Crippen molar-refractivity contribution in [3.05, 3.63) is 53.0 Å². The van der Waals surface area contributed by atoms with Crippen molar-refractivity contribution in [2.45, 2.75) is 63.1 Å². The zero-order chi connectivity index (χ0) is 28.7. The van der Waals surface area contributed by atoms with Crippen molar-refractivity contribution in [3.63, 3.8) is 0 Å². The number of imidazole rings is 1. The van der Waals surface area contributed by atoms with Gasteiger partial charge in [-0.2, -0.15) is 0 Å². The predicted octanol–water partition coefficient (Wildman–Crippen LogP) is 3.51. The largest absolute Gasteiger partial charge is 0.380 e. The summed E-state index contributed by atoms with van der Waals surface area (Å²) in [7, 11) is -3.67. The zero-order valence-corrected chi connectivity index (χ0v) is 24.2. The molecular formula is C30H33N5O5S. The van der Waals surface area contributed by atoms with Gasteiger partial charge in [-0.1, -0.05) is 0 Å². The fourth-order valence-corrected chi connectivity index (χ4v) is 7.51. The van der Waals surface area contributed by atoms with Crippen LogP contribution in [-0.4, -0.2) is 71.6 Å². The quantitative estimate of drug-likeness (QED) is 0.440. The van der Waals surface area contributed by atoms with Gasteiger partial charge < -0.3 is 19.9 Å². The number of carbonyl (C=O) groups is 2. The first-order valence-corrected chi connectivity index (χ1v) is 16.0. The highest BCUT2D eigenvalue weighted by Crippen LogP contribution is 2.47. The first kappa shape index (κ1) is 26.3. The Labute approximate surface area is 238 Å². The first-order chi connectivity index (χ1) is 19.5. The van der Waals surface area contributed by atoms with Gasteiger partial charge in [0.25, 0.3) is 11.8 Å². The van der Waals surface area contributed by atoms with Crippen LogP contribution in [0.2, 0.25) is 0 Å². The van der Waals surface area contributed by atoms with Gasteiger partial charge in [0.15, 0.2) is 15.7 Å². The summed E-state index contributed by atoms with van der Waals surface area (Å²) in [5, 5.41) is 3.09. The van der Waals surface area contributed by atoms with Crippen LogP contribution in [0.25, 0.3) is 22.6 Å². The molecular weight excluding hydrogens is 542 g/mol. The summed E-state index contributed by atoms with van der Waals surface area (Å²) in [5.74, 6) is 0.528. The molecule has 0 bridgehead atoms. The second-order valence-electron chi connectivity index (χ2n) is 12.3. The minimum atomic E-state index is -3.67. The zero-order valence-electron chi connectivity index (χ0n) is 23.4. The molecule has 214 valence electrons. The molecule has 10 nitrogen and oxygen atoms in total. The van der Waals surface area contributed by atoms with E-state index in [2.05, 4.69) is 20.3 Å². The maximum absolute atomic E-state index is 13.4. The lowest BCUT2D eigenvalue weighted by Gasteiger charge is -2.53. The van der Waals surface area contributed by atoms with Crippen molar-refractivity contribution in [2.75, 3.05) is 19.5 Å². The SMILES string of the molecule is Cc1nc(-c2cc(-c3cc4c(c(S(C)(=O)=O)c3)C(=O)N([C@@H](C)C3CC3)C4)ccn2)[nH]c1C(=O)NC1CC2(COC2)C1. The van der Waals surface area contributed by atoms with E-state index in [1.165, 1.54) is 0 Å². The number of benzene rings is 1. The number of nitrogens with one attached hydrogen (secondary N) is 2. The van der Waals surface area contributed by atoms with Crippen LogP contribution in [0.3, 0.4) is 0 Å². The van der Waals surface area contributed by atoms with Crippen LogP contribution in [0.5, 0.6) is 0 Å². The van der Waals surface area contributed by atoms with E-state index >= 15 is 0 Å². The smallest absolute Gasteiger partial charge is 0.269 e. The number of amides is 2. The molecule has 1 spiro atoms. The average Bonchev–Trinajstić information content (AvgIpc) is 3.59. The van der Waals surface area contributed by atoms with Gasteiger partial charge in [-0.25, -0.2) is 13.4 Å². The monoisotopic (exact) mass is 575 g/mol. The summed E-state index contributed by atoms with van der Waals surface area (Å²) in [6.45, 7) is 5.77. The van der Waals surface area contributed by atoms with Gasteiger partial charge in [0.2, 0.25) is 0 Å². The second-order valence-corrected chi connectivity index (χ2v) is 14.3. The Balaban J connectivity index is 1.17. The van der Waals surface area contributed by atoms with Gasteiger partial charge in [-0.15, -0.1) is 0 Å². The van der Waals surface area contributed by atoms with Gasteiger partial charge in [0, 0.05) is 36.5 Å². The number of aromatic nitrogens is 3. The summed E-state index contributed by atoms with van der Waals surface area (Å²) in [4.78, 5) is 40.4. The third-order valence-electron chi connectivity index (χ3n) is 9.15. The number of rotatable bonds is 7. The third kappa shape index (κ3) is 4.55. The molecule has 11 heteroatoms. The molecule has 0 radical (unpaired) electrons. The first-order valence-electron chi connectivity index (χ1n) is 14.1. The highest BCUT2D eigenvalue weighted by molar-refractivity contribution is 7.90. The van der Waals surface area contributed by atoms with Crippen LogP contribution in [0.1, 0.15) is 64.7 Å². The molecule has 2 aromatic heterocycles. The Morgan fingerprint density at radius 3 is 2.61 bits per heavy atom. The lowest BCUT2D eigenvalue weighted by atomic mass is 9.64. The summed E-state index contributed by atoms with van der Waals surface area (Å²) in [6, 6.07) is 7.33. The van der Waals surface area contributed by atoms with E-state index in [-0.39, 0.29) is 39.8 Å². The molecule has 4 heterocycles. The highest BCUT2D eigenvalue weighted by atomic mass is 32.2. The maximum atomic E-state index is 13.4. The Kier molecular flexibility index (Phi) is 5.92. The lowest BCUT2D eigenvalue weighted by Crippen LogP contribution is -2.59. The molecule has 2 N–H and O–H groups in total. The van der Waals surface area contributed by atoms with E-state index in [0.717, 1.165) is 56.3 Å². The molecule has 3 aromatic rings. The van der Waals surface area contributed by atoms with Crippen LogP contribution < -0.4 is 5.32 Å². The molecule has 2 aliphatic heterocycles. The number of nitrogens with zero attached hydrogens (tertiary/aromatic N) is 3. The highest BCUT2D eigenvalue weighted by Gasteiger charge is 2.50. The number of hydrogen-bond acceptors (Lipinski definition) is 7.